The highest BCUT2D eigenvalue weighted by atomic mass is 16.7. The lowest BCUT2D eigenvalue weighted by atomic mass is 10.5. The van der Waals surface area contributed by atoms with Gasteiger partial charge in [0, 0.05) is 14.0 Å². The van der Waals surface area contributed by atoms with Gasteiger partial charge in [-0.25, -0.2) is 14.6 Å². The van der Waals surface area contributed by atoms with E-state index in [9.17, 15) is 14.4 Å². The fourth-order valence-electron chi connectivity index (χ4n) is 1.34. The lowest BCUT2D eigenvalue weighted by Crippen LogP contribution is -2.36. The second-order valence-electron chi connectivity index (χ2n) is 3.16. The number of carbonyl (C=O) groups excluding carboxylic acids is 1. The first kappa shape index (κ1) is 10.1. The number of aromatic amines is 1. The van der Waals surface area contributed by atoms with Gasteiger partial charge >= 0.3 is 11.7 Å². The summed E-state index contributed by atoms with van der Waals surface area (Å²) in [4.78, 5) is 44.1. The van der Waals surface area contributed by atoms with Crippen molar-refractivity contribution in [1.29, 1.82) is 0 Å². The maximum absolute atomic E-state index is 11.4. The minimum absolute atomic E-state index is 0.00597. The van der Waals surface area contributed by atoms with E-state index in [-0.39, 0.29) is 11.2 Å². The molecule has 0 radical (unpaired) electrons. The lowest BCUT2D eigenvalue weighted by molar-refractivity contribution is -0.141. The van der Waals surface area contributed by atoms with E-state index in [2.05, 4.69) is 9.82 Å². The number of H-pyrrole nitrogens is 1. The fourth-order valence-corrected chi connectivity index (χ4v) is 1.34. The first-order valence-electron chi connectivity index (χ1n) is 4.36. The van der Waals surface area contributed by atoms with Crippen molar-refractivity contribution in [2.24, 2.45) is 7.05 Å². The van der Waals surface area contributed by atoms with Crippen molar-refractivity contribution in [2.75, 3.05) is 0 Å². The van der Waals surface area contributed by atoms with Crippen LogP contribution >= 0.6 is 0 Å². The third kappa shape index (κ3) is 1.40. The smallest absolute Gasteiger partial charge is 0.330 e. The molecule has 16 heavy (non-hydrogen) atoms. The van der Waals surface area contributed by atoms with Crippen molar-refractivity contribution >= 4 is 17.1 Å². The second-order valence-corrected chi connectivity index (χ2v) is 3.16. The standard InChI is InChI=1S/C8H8N4O4/c1-4(13)16-12-6-5(11(2)3-9-6)7(14)10-8(12)15/h3H,1-2H3,(H,10,14,15). The van der Waals surface area contributed by atoms with Crippen LogP contribution in [0.15, 0.2) is 15.9 Å². The molecule has 8 nitrogen and oxygen atoms in total. The normalized spacial score (nSPS) is 10.6. The third-order valence-corrected chi connectivity index (χ3v) is 1.95. The summed E-state index contributed by atoms with van der Waals surface area (Å²) in [7, 11) is 1.59. The van der Waals surface area contributed by atoms with Crippen LogP contribution in [0.5, 0.6) is 0 Å². The van der Waals surface area contributed by atoms with Crippen LogP contribution in [0, 0.1) is 0 Å². The van der Waals surface area contributed by atoms with Crippen LogP contribution in [0.2, 0.25) is 0 Å². The van der Waals surface area contributed by atoms with Gasteiger partial charge in [-0.05, 0) is 0 Å². The maximum Gasteiger partial charge on any atom is 0.364 e. The Morgan fingerprint density at radius 1 is 1.50 bits per heavy atom. The summed E-state index contributed by atoms with van der Waals surface area (Å²) in [5.74, 6) is -0.680. The molecule has 0 bridgehead atoms. The monoisotopic (exact) mass is 224 g/mol. The Hall–Kier alpha value is -2.38. The third-order valence-electron chi connectivity index (χ3n) is 1.95. The molecule has 0 unspecified atom stereocenters. The van der Waals surface area contributed by atoms with Crippen molar-refractivity contribution < 1.29 is 9.63 Å². The summed E-state index contributed by atoms with van der Waals surface area (Å²) in [6, 6.07) is 0. The fraction of sp³-hybridized carbons (Fsp3) is 0.250. The predicted octanol–water partition coefficient (Wildman–Crippen LogP) is -1.60. The van der Waals surface area contributed by atoms with Gasteiger partial charge in [0.1, 0.15) is 0 Å². The molecule has 2 aromatic rings. The van der Waals surface area contributed by atoms with Gasteiger partial charge in [-0.3, -0.25) is 9.78 Å². The first-order valence-corrected chi connectivity index (χ1v) is 4.36. The Kier molecular flexibility index (Phi) is 2.11. The van der Waals surface area contributed by atoms with Gasteiger partial charge in [-0.1, -0.05) is 4.73 Å². The van der Waals surface area contributed by atoms with Crippen LogP contribution in [0.1, 0.15) is 6.92 Å². The van der Waals surface area contributed by atoms with Crippen molar-refractivity contribution in [3.8, 4) is 0 Å². The van der Waals surface area contributed by atoms with Crippen molar-refractivity contribution in [1.82, 2.24) is 19.3 Å². The number of nitrogens with one attached hydrogen (secondary N) is 1. The molecular formula is C8H8N4O4. The molecule has 0 saturated heterocycles. The molecule has 0 aliphatic carbocycles. The van der Waals surface area contributed by atoms with Crippen molar-refractivity contribution in [3.05, 3.63) is 27.2 Å². The van der Waals surface area contributed by atoms with E-state index >= 15 is 0 Å². The molecule has 0 aliphatic heterocycles. The summed E-state index contributed by atoms with van der Waals surface area (Å²) in [5, 5.41) is 0. The molecular weight excluding hydrogens is 216 g/mol. The molecule has 2 aromatic heterocycles. The van der Waals surface area contributed by atoms with E-state index in [1.165, 1.54) is 10.9 Å². The Morgan fingerprint density at radius 2 is 2.19 bits per heavy atom. The molecule has 0 saturated carbocycles. The molecule has 1 N–H and O–H groups in total. The van der Waals surface area contributed by atoms with Gasteiger partial charge in [0.05, 0.1) is 6.33 Å². The largest absolute Gasteiger partial charge is 0.364 e. The number of fused-ring (bicyclic) bond motifs is 1. The van der Waals surface area contributed by atoms with Crippen LogP contribution in [0.3, 0.4) is 0 Å². The van der Waals surface area contributed by atoms with Crippen LogP contribution < -0.4 is 16.1 Å². The minimum atomic E-state index is -0.841. The zero-order valence-corrected chi connectivity index (χ0v) is 8.55. The summed E-state index contributed by atoms with van der Waals surface area (Å²) in [6.07, 6.45) is 1.35. The number of imidazole rings is 1. The quantitative estimate of drug-likeness (QED) is 0.628. The van der Waals surface area contributed by atoms with Gasteiger partial charge in [0.2, 0.25) is 5.65 Å². The number of aryl methyl sites for hydroxylation is 1. The van der Waals surface area contributed by atoms with Crippen LogP contribution in [-0.4, -0.2) is 25.2 Å². The molecule has 2 heterocycles. The van der Waals surface area contributed by atoms with Gasteiger partial charge < -0.3 is 9.40 Å². The number of carbonyl (C=O) groups is 1. The van der Waals surface area contributed by atoms with E-state index in [0.717, 1.165) is 6.92 Å². The number of hydrogen-bond donors (Lipinski definition) is 1. The molecule has 8 heteroatoms. The molecule has 0 amide bonds. The van der Waals surface area contributed by atoms with Crippen LogP contribution in [0.25, 0.3) is 11.2 Å². The highest BCUT2D eigenvalue weighted by Gasteiger charge is 2.13. The van der Waals surface area contributed by atoms with Crippen molar-refractivity contribution in [2.45, 2.75) is 6.92 Å². The van der Waals surface area contributed by atoms with Gasteiger partial charge in [0.15, 0.2) is 5.52 Å². The van der Waals surface area contributed by atoms with Gasteiger partial charge in [-0.15, -0.1) is 0 Å². The van der Waals surface area contributed by atoms with E-state index in [1.807, 2.05) is 4.98 Å². The molecule has 0 aromatic carbocycles. The zero-order valence-electron chi connectivity index (χ0n) is 8.55. The second kappa shape index (κ2) is 3.33. The minimum Gasteiger partial charge on any atom is -0.330 e. The summed E-state index contributed by atoms with van der Waals surface area (Å²) in [5.41, 5.74) is -1.26. The van der Waals surface area contributed by atoms with E-state index in [1.54, 1.807) is 7.05 Å². The van der Waals surface area contributed by atoms with Gasteiger partial charge in [0.25, 0.3) is 5.56 Å². The SMILES string of the molecule is CC(=O)On1c(=O)[nH]c(=O)c2c1ncn2C. The average molecular weight is 224 g/mol. The highest BCUT2D eigenvalue weighted by Crippen LogP contribution is 2.01. The van der Waals surface area contributed by atoms with E-state index in [4.69, 9.17) is 0 Å². The predicted molar refractivity (Wildman–Crippen MR) is 52.9 cm³/mol. The van der Waals surface area contributed by atoms with E-state index < -0.39 is 17.2 Å². The number of aromatic nitrogens is 4. The summed E-state index contributed by atoms with van der Waals surface area (Å²) in [6.45, 7) is 1.15. The maximum atomic E-state index is 11.4. The topological polar surface area (TPSA) is 99.0 Å². The Bertz CT molecular complexity index is 677. The average Bonchev–Trinajstić information content (AvgIpc) is 2.55. The highest BCUT2D eigenvalue weighted by molar-refractivity contribution is 5.71. The van der Waals surface area contributed by atoms with Crippen LogP contribution in [0.4, 0.5) is 0 Å². The Morgan fingerprint density at radius 3 is 2.81 bits per heavy atom. The zero-order chi connectivity index (χ0) is 11.9. The number of rotatable bonds is 1. The van der Waals surface area contributed by atoms with E-state index in [0.29, 0.717) is 4.73 Å². The molecule has 0 fully saturated rings. The Labute approximate surface area is 88.0 Å². The lowest BCUT2D eigenvalue weighted by Gasteiger charge is -2.03. The van der Waals surface area contributed by atoms with Gasteiger partial charge in [-0.2, -0.15) is 0 Å². The molecule has 2 rings (SSSR count). The number of hydrogen-bond acceptors (Lipinski definition) is 5. The summed E-state index contributed by atoms with van der Waals surface area (Å²) >= 11 is 0. The number of nitrogens with zero attached hydrogens (tertiary/aromatic N) is 3. The first-order chi connectivity index (χ1) is 7.50. The van der Waals surface area contributed by atoms with Crippen LogP contribution in [-0.2, 0) is 11.8 Å². The van der Waals surface area contributed by atoms with Crippen molar-refractivity contribution in [3.63, 3.8) is 0 Å². The Balaban J connectivity index is 2.88. The summed E-state index contributed by atoms with van der Waals surface area (Å²) < 4.78 is 2.08. The molecule has 0 aliphatic rings. The molecule has 0 spiro atoms. The molecule has 0 atom stereocenters. The molecule has 84 valence electrons.